The van der Waals surface area contributed by atoms with E-state index < -0.39 is 0 Å². The normalized spacial score (nSPS) is 10.9. The molecule has 102 valence electrons. The third-order valence-corrected chi connectivity index (χ3v) is 3.54. The molecule has 0 aliphatic carbocycles. The van der Waals surface area contributed by atoms with Crippen molar-refractivity contribution in [3.05, 3.63) is 53.0 Å². The topological polar surface area (TPSA) is 73.6 Å². The van der Waals surface area contributed by atoms with Crippen molar-refractivity contribution in [2.45, 2.75) is 20.4 Å². The van der Waals surface area contributed by atoms with E-state index >= 15 is 0 Å². The van der Waals surface area contributed by atoms with Crippen molar-refractivity contribution in [3.63, 3.8) is 0 Å². The first-order valence-electron chi connectivity index (χ1n) is 6.51. The first-order valence-corrected chi connectivity index (χ1v) is 6.51. The van der Waals surface area contributed by atoms with Crippen LogP contribution in [0.5, 0.6) is 0 Å². The molecule has 0 atom stereocenters. The van der Waals surface area contributed by atoms with Gasteiger partial charge in [-0.2, -0.15) is 5.10 Å². The number of para-hydroxylation sites is 1. The number of aromatic amines is 2. The van der Waals surface area contributed by atoms with Gasteiger partial charge in [0.2, 0.25) is 0 Å². The molecule has 0 aliphatic heterocycles. The van der Waals surface area contributed by atoms with Gasteiger partial charge >= 0.3 is 0 Å². The quantitative estimate of drug-likeness (QED) is 0.682. The Hall–Kier alpha value is -2.56. The summed E-state index contributed by atoms with van der Waals surface area (Å²) in [6.07, 6.45) is 1.84. The van der Waals surface area contributed by atoms with Crippen LogP contribution in [-0.4, -0.2) is 21.1 Å². The predicted octanol–water partition coefficient (Wildman–Crippen LogP) is 2.44. The molecule has 1 aromatic carbocycles. The molecule has 1 amide bonds. The van der Waals surface area contributed by atoms with Gasteiger partial charge in [0.1, 0.15) is 0 Å². The van der Waals surface area contributed by atoms with Gasteiger partial charge in [-0.3, -0.25) is 9.89 Å². The molecular formula is C15H16N4O. The minimum absolute atomic E-state index is 0.0851. The number of rotatable bonds is 3. The van der Waals surface area contributed by atoms with E-state index in [9.17, 15) is 4.79 Å². The number of benzene rings is 1. The predicted molar refractivity (Wildman–Crippen MR) is 77.5 cm³/mol. The van der Waals surface area contributed by atoms with Crippen LogP contribution in [0.25, 0.3) is 10.9 Å². The molecule has 3 N–H and O–H groups in total. The van der Waals surface area contributed by atoms with E-state index in [1.54, 1.807) is 0 Å². The number of hydrogen-bond acceptors (Lipinski definition) is 2. The van der Waals surface area contributed by atoms with Crippen molar-refractivity contribution < 1.29 is 4.79 Å². The van der Waals surface area contributed by atoms with E-state index in [-0.39, 0.29) is 5.91 Å². The van der Waals surface area contributed by atoms with Crippen molar-refractivity contribution in [2.75, 3.05) is 0 Å². The van der Waals surface area contributed by atoms with Crippen LogP contribution in [0.4, 0.5) is 0 Å². The Morgan fingerprint density at radius 2 is 2.15 bits per heavy atom. The lowest BCUT2D eigenvalue weighted by molar-refractivity contribution is 0.0952. The lowest BCUT2D eigenvalue weighted by Gasteiger charge is -2.06. The van der Waals surface area contributed by atoms with Gasteiger partial charge in [-0.05, 0) is 26.0 Å². The molecule has 5 heteroatoms. The number of aromatic nitrogens is 3. The number of fused-ring (bicyclic) bond motifs is 1. The number of nitrogens with one attached hydrogen (secondary N) is 3. The third-order valence-electron chi connectivity index (χ3n) is 3.54. The van der Waals surface area contributed by atoms with Crippen molar-refractivity contribution in [1.29, 1.82) is 0 Å². The number of carbonyl (C=O) groups is 1. The van der Waals surface area contributed by atoms with Crippen LogP contribution >= 0.6 is 0 Å². The molecule has 0 spiro atoms. The second-order valence-electron chi connectivity index (χ2n) is 4.84. The third kappa shape index (κ3) is 2.07. The maximum atomic E-state index is 12.3. The Morgan fingerprint density at radius 3 is 2.90 bits per heavy atom. The molecule has 5 nitrogen and oxygen atoms in total. The standard InChI is InChI=1S/C15H16N4O/c1-9-13(10(2)19-18-9)8-17-15(20)12-5-3-4-11-6-7-16-14(11)12/h3-7,16H,8H2,1-2H3,(H,17,20)(H,18,19). The number of aryl methyl sites for hydroxylation is 2. The van der Waals surface area contributed by atoms with Gasteiger partial charge in [-0.25, -0.2) is 0 Å². The molecule has 0 radical (unpaired) electrons. The number of H-pyrrole nitrogens is 2. The zero-order valence-electron chi connectivity index (χ0n) is 11.4. The lowest BCUT2D eigenvalue weighted by Crippen LogP contribution is -2.23. The minimum Gasteiger partial charge on any atom is -0.361 e. The second kappa shape index (κ2) is 4.85. The Morgan fingerprint density at radius 1 is 1.30 bits per heavy atom. The van der Waals surface area contributed by atoms with Crippen molar-refractivity contribution in [2.24, 2.45) is 0 Å². The lowest BCUT2D eigenvalue weighted by atomic mass is 10.1. The summed E-state index contributed by atoms with van der Waals surface area (Å²) in [7, 11) is 0. The molecule has 2 heterocycles. The maximum absolute atomic E-state index is 12.3. The van der Waals surface area contributed by atoms with Crippen molar-refractivity contribution in [1.82, 2.24) is 20.5 Å². The van der Waals surface area contributed by atoms with Crippen LogP contribution in [0, 0.1) is 13.8 Å². The molecule has 3 rings (SSSR count). The van der Waals surface area contributed by atoms with Crippen LogP contribution in [0.2, 0.25) is 0 Å². The molecular weight excluding hydrogens is 252 g/mol. The Kier molecular flexibility index (Phi) is 3.02. The van der Waals surface area contributed by atoms with Crippen LogP contribution in [0.15, 0.2) is 30.5 Å². The summed E-state index contributed by atoms with van der Waals surface area (Å²) < 4.78 is 0. The zero-order valence-corrected chi connectivity index (χ0v) is 11.4. The summed E-state index contributed by atoms with van der Waals surface area (Å²) in [6.45, 7) is 4.36. The molecule has 0 fully saturated rings. The van der Waals surface area contributed by atoms with E-state index in [0.717, 1.165) is 27.9 Å². The monoisotopic (exact) mass is 268 g/mol. The van der Waals surface area contributed by atoms with Gasteiger partial charge in [0, 0.05) is 29.4 Å². The van der Waals surface area contributed by atoms with Crippen LogP contribution in [-0.2, 0) is 6.54 Å². The van der Waals surface area contributed by atoms with Crippen LogP contribution in [0.3, 0.4) is 0 Å². The summed E-state index contributed by atoms with van der Waals surface area (Å²) in [4.78, 5) is 15.4. The fourth-order valence-corrected chi connectivity index (χ4v) is 2.37. The molecule has 2 aromatic heterocycles. The SMILES string of the molecule is Cc1n[nH]c(C)c1CNC(=O)c1cccc2cc[nH]c12. The fourth-order valence-electron chi connectivity index (χ4n) is 2.37. The van der Waals surface area contributed by atoms with Crippen molar-refractivity contribution in [3.8, 4) is 0 Å². The summed E-state index contributed by atoms with van der Waals surface area (Å²) in [5, 5.41) is 11.0. The molecule has 0 bridgehead atoms. The van der Waals surface area contributed by atoms with Gasteiger partial charge < -0.3 is 10.3 Å². The molecule has 0 saturated carbocycles. The Bertz CT molecular complexity index is 750. The number of hydrogen-bond donors (Lipinski definition) is 3. The molecule has 0 aliphatic rings. The second-order valence-corrected chi connectivity index (χ2v) is 4.84. The Balaban J connectivity index is 1.82. The van der Waals surface area contributed by atoms with E-state index in [4.69, 9.17) is 0 Å². The fraction of sp³-hybridized carbons (Fsp3) is 0.200. The smallest absolute Gasteiger partial charge is 0.253 e. The highest BCUT2D eigenvalue weighted by molar-refractivity contribution is 6.05. The van der Waals surface area contributed by atoms with Gasteiger partial charge in [-0.1, -0.05) is 12.1 Å². The molecule has 0 saturated heterocycles. The van der Waals surface area contributed by atoms with E-state index in [0.29, 0.717) is 12.1 Å². The summed E-state index contributed by atoms with van der Waals surface area (Å²) >= 11 is 0. The maximum Gasteiger partial charge on any atom is 0.253 e. The Labute approximate surface area is 116 Å². The van der Waals surface area contributed by atoms with Gasteiger partial charge in [0.25, 0.3) is 5.91 Å². The summed E-state index contributed by atoms with van der Waals surface area (Å²) in [5.41, 5.74) is 4.47. The van der Waals surface area contributed by atoms with Gasteiger partial charge in [0.05, 0.1) is 16.8 Å². The first-order chi connectivity index (χ1) is 9.66. The van der Waals surface area contributed by atoms with Crippen LogP contribution in [0.1, 0.15) is 27.3 Å². The van der Waals surface area contributed by atoms with Gasteiger partial charge in [0.15, 0.2) is 0 Å². The molecule has 0 unspecified atom stereocenters. The number of amides is 1. The highest BCUT2D eigenvalue weighted by Gasteiger charge is 2.12. The zero-order chi connectivity index (χ0) is 14.1. The summed E-state index contributed by atoms with van der Waals surface area (Å²) in [5.74, 6) is -0.0851. The van der Waals surface area contributed by atoms with Crippen molar-refractivity contribution >= 4 is 16.8 Å². The van der Waals surface area contributed by atoms with E-state index in [2.05, 4.69) is 20.5 Å². The molecule has 3 aromatic rings. The number of nitrogens with zero attached hydrogens (tertiary/aromatic N) is 1. The average molecular weight is 268 g/mol. The minimum atomic E-state index is -0.0851. The highest BCUT2D eigenvalue weighted by atomic mass is 16.1. The van der Waals surface area contributed by atoms with Gasteiger partial charge in [-0.15, -0.1) is 0 Å². The number of carbonyl (C=O) groups excluding carboxylic acids is 1. The first kappa shape index (κ1) is 12.5. The highest BCUT2D eigenvalue weighted by Crippen LogP contribution is 2.17. The average Bonchev–Trinajstić information content (AvgIpc) is 3.03. The van der Waals surface area contributed by atoms with E-state index in [1.165, 1.54) is 0 Å². The largest absolute Gasteiger partial charge is 0.361 e. The van der Waals surface area contributed by atoms with E-state index in [1.807, 2.05) is 44.3 Å². The molecule has 20 heavy (non-hydrogen) atoms. The van der Waals surface area contributed by atoms with Crippen LogP contribution < -0.4 is 5.32 Å². The summed E-state index contributed by atoms with van der Waals surface area (Å²) in [6, 6.07) is 7.64.